The van der Waals surface area contributed by atoms with Crippen LogP contribution in [-0.4, -0.2) is 34.1 Å². The number of terminal acetylenes is 1. The van der Waals surface area contributed by atoms with Crippen molar-refractivity contribution in [2.75, 3.05) is 0 Å². The predicted molar refractivity (Wildman–Crippen MR) is 84.9 cm³/mol. The second-order valence-electron chi connectivity index (χ2n) is 5.14. The molecule has 4 heteroatoms. The maximum absolute atomic E-state index is 6.19. The number of allylic oxidation sites excluding steroid dienone is 1. The van der Waals surface area contributed by atoms with Gasteiger partial charge in [0.1, 0.15) is 0 Å². The molecule has 2 heterocycles. The van der Waals surface area contributed by atoms with E-state index in [-0.39, 0.29) is 18.3 Å². The quantitative estimate of drug-likeness (QED) is 0.537. The first-order valence-electron chi connectivity index (χ1n) is 6.85. The summed E-state index contributed by atoms with van der Waals surface area (Å²) in [6.07, 6.45) is 13.8. The lowest BCUT2D eigenvalue weighted by atomic mass is 9.91. The number of halogens is 2. The molecule has 6 atom stereocenters. The highest BCUT2D eigenvalue weighted by atomic mass is 79.9. The fraction of sp³-hybridized carbons (Fsp3) is 0.733. The van der Waals surface area contributed by atoms with Gasteiger partial charge in [-0.15, -0.1) is 6.42 Å². The molecule has 2 aliphatic heterocycles. The smallest absolute Gasteiger partial charge is 0.0853 e. The third-order valence-corrected chi connectivity index (χ3v) is 5.75. The van der Waals surface area contributed by atoms with Gasteiger partial charge in [0.25, 0.3) is 0 Å². The largest absolute Gasteiger partial charge is 0.371 e. The van der Waals surface area contributed by atoms with Gasteiger partial charge in [-0.1, -0.05) is 50.8 Å². The van der Waals surface area contributed by atoms with Gasteiger partial charge in [0, 0.05) is 9.65 Å². The Morgan fingerprint density at radius 1 is 1.16 bits per heavy atom. The number of ether oxygens (including phenoxy) is 2. The molecule has 0 aromatic carbocycles. The predicted octanol–water partition coefficient (Wildman–Crippen LogP) is 3.82. The highest BCUT2D eigenvalue weighted by Crippen LogP contribution is 2.38. The van der Waals surface area contributed by atoms with Crippen molar-refractivity contribution in [1.82, 2.24) is 0 Å². The number of hydrogen-bond donors (Lipinski definition) is 0. The molecule has 0 amide bonds. The van der Waals surface area contributed by atoms with Crippen molar-refractivity contribution in [2.45, 2.75) is 66.7 Å². The molecule has 2 fully saturated rings. The van der Waals surface area contributed by atoms with Crippen molar-refractivity contribution in [3.63, 3.8) is 0 Å². The molecular weight excluding hydrogens is 372 g/mol. The van der Waals surface area contributed by atoms with E-state index in [1.54, 1.807) is 6.08 Å². The van der Waals surface area contributed by atoms with Crippen LogP contribution >= 0.6 is 31.9 Å². The van der Waals surface area contributed by atoms with Gasteiger partial charge in [-0.25, -0.2) is 0 Å². The van der Waals surface area contributed by atoms with E-state index in [0.717, 1.165) is 25.7 Å². The average Bonchev–Trinajstić information content (AvgIpc) is 2.39. The second-order valence-corrected chi connectivity index (χ2v) is 7.49. The van der Waals surface area contributed by atoms with Crippen molar-refractivity contribution in [3.8, 4) is 12.3 Å². The van der Waals surface area contributed by atoms with E-state index < -0.39 is 0 Å². The molecule has 19 heavy (non-hydrogen) atoms. The van der Waals surface area contributed by atoms with Crippen LogP contribution in [0.2, 0.25) is 0 Å². The molecule has 0 bridgehead atoms. The summed E-state index contributed by atoms with van der Waals surface area (Å²) in [5.74, 6) is 2.52. The van der Waals surface area contributed by atoms with Gasteiger partial charge in [-0.2, -0.15) is 0 Å². The molecular formula is C15H20Br2O2. The minimum Gasteiger partial charge on any atom is -0.371 e. The maximum atomic E-state index is 6.19. The average molecular weight is 392 g/mol. The molecule has 0 aliphatic carbocycles. The summed E-state index contributed by atoms with van der Waals surface area (Å²) < 4.78 is 12.3. The summed E-state index contributed by atoms with van der Waals surface area (Å²) in [7, 11) is 0. The lowest BCUT2D eigenvalue weighted by molar-refractivity contribution is -0.180. The minimum absolute atomic E-state index is 0.187. The van der Waals surface area contributed by atoms with Crippen LogP contribution in [0.4, 0.5) is 0 Å². The first kappa shape index (κ1) is 15.6. The Balaban J connectivity index is 1.95. The Kier molecular flexibility index (Phi) is 5.95. The highest BCUT2D eigenvalue weighted by molar-refractivity contribution is 9.09. The Morgan fingerprint density at radius 2 is 1.74 bits per heavy atom. The number of alkyl halides is 2. The summed E-state index contributed by atoms with van der Waals surface area (Å²) in [5, 5.41) is 0. The molecule has 0 unspecified atom stereocenters. The molecule has 0 spiro atoms. The fourth-order valence-electron chi connectivity index (χ4n) is 2.78. The molecule has 2 aliphatic rings. The van der Waals surface area contributed by atoms with E-state index in [4.69, 9.17) is 15.9 Å². The third-order valence-electron chi connectivity index (χ3n) is 3.82. The van der Waals surface area contributed by atoms with Crippen LogP contribution < -0.4 is 0 Å². The summed E-state index contributed by atoms with van der Waals surface area (Å²) in [4.78, 5) is 0.730. The normalized spacial score (nSPS) is 42.8. The van der Waals surface area contributed by atoms with Crippen LogP contribution in [0.1, 0.15) is 32.6 Å². The summed E-state index contributed by atoms with van der Waals surface area (Å²) in [6, 6.07) is 0. The Morgan fingerprint density at radius 3 is 2.32 bits per heavy atom. The fourth-order valence-corrected chi connectivity index (χ4v) is 4.36. The third kappa shape index (κ3) is 3.85. The Labute approximate surface area is 132 Å². The molecule has 2 rings (SSSR count). The number of hydrogen-bond acceptors (Lipinski definition) is 2. The Hall–Kier alpha value is 0.180. The van der Waals surface area contributed by atoms with Gasteiger partial charge in [-0.3, -0.25) is 0 Å². The lowest BCUT2D eigenvalue weighted by Crippen LogP contribution is -2.53. The first-order valence-corrected chi connectivity index (χ1v) is 8.69. The van der Waals surface area contributed by atoms with E-state index in [1.807, 2.05) is 6.08 Å². The summed E-state index contributed by atoms with van der Waals surface area (Å²) in [6.45, 7) is 2.17. The topological polar surface area (TPSA) is 18.5 Å². The zero-order chi connectivity index (χ0) is 13.8. The zero-order valence-corrected chi connectivity index (χ0v) is 14.3. The number of rotatable bonds is 3. The molecule has 2 nitrogen and oxygen atoms in total. The van der Waals surface area contributed by atoms with Gasteiger partial charge in [0.05, 0.1) is 24.4 Å². The van der Waals surface area contributed by atoms with E-state index in [1.165, 1.54) is 0 Å². The molecule has 0 radical (unpaired) electrons. The van der Waals surface area contributed by atoms with Crippen LogP contribution in [0.3, 0.4) is 0 Å². The highest BCUT2D eigenvalue weighted by Gasteiger charge is 2.43. The van der Waals surface area contributed by atoms with Crippen molar-refractivity contribution in [2.24, 2.45) is 0 Å². The van der Waals surface area contributed by atoms with Crippen molar-refractivity contribution < 1.29 is 9.47 Å². The second kappa shape index (κ2) is 7.26. The van der Waals surface area contributed by atoms with Crippen LogP contribution in [-0.2, 0) is 9.47 Å². The van der Waals surface area contributed by atoms with Crippen molar-refractivity contribution in [1.29, 1.82) is 0 Å². The van der Waals surface area contributed by atoms with Gasteiger partial charge in [0.15, 0.2) is 0 Å². The number of fused-ring (bicyclic) bond motifs is 1. The van der Waals surface area contributed by atoms with E-state index in [9.17, 15) is 0 Å². The van der Waals surface area contributed by atoms with E-state index in [2.05, 4.69) is 44.7 Å². The van der Waals surface area contributed by atoms with Crippen LogP contribution in [0.5, 0.6) is 0 Å². The molecule has 0 aromatic rings. The monoisotopic (exact) mass is 390 g/mol. The van der Waals surface area contributed by atoms with Crippen molar-refractivity contribution >= 4 is 31.9 Å². The SMILES string of the molecule is C#C/C=C\C[C@H]1O[C@H]2C[C@@H](Br)[C@@H](CC)O[C@H]2C[C@H]1Br. The summed E-state index contributed by atoms with van der Waals surface area (Å²) in [5.41, 5.74) is 0. The molecule has 106 valence electrons. The molecule has 0 aromatic heterocycles. The Bertz CT molecular complexity index is 364. The van der Waals surface area contributed by atoms with Gasteiger partial charge in [0.2, 0.25) is 0 Å². The van der Waals surface area contributed by atoms with E-state index >= 15 is 0 Å². The molecule has 2 saturated heterocycles. The molecule has 0 saturated carbocycles. The lowest BCUT2D eigenvalue weighted by Gasteiger charge is -2.45. The molecule has 0 N–H and O–H groups in total. The van der Waals surface area contributed by atoms with Crippen LogP contribution in [0.15, 0.2) is 12.2 Å². The first-order chi connectivity index (χ1) is 9.15. The standard InChI is InChI=1S/C15H20Br2O2/c1-3-5-6-7-13-11(17)9-14-15(19-13)8-10(16)12(4-2)18-14/h1,5-6,10-15H,4,7-9H2,2H3/b6-5-/t10-,11-,12-,13-,14+,15+/m1/s1. The van der Waals surface area contributed by atoms with Gasteiger partial charge in [-0.05, 0) is 31.8 Å². The van der Waals surface area contributed by atoms with Crippen LogP contribution in [0, 0.1) is 12.3 Å². The minimum atomic E-state index is 0.187. The zero-order valence-electron chi connectivity index (χ0n) is 11.1. The van der Waals surface area contributed by atoms with Gasteiger partial charge < -0.3 is 9.47 Å². The van der Waals surface area contributed by atoms with Crippen LogP contribution in [0.25, 0.3) is 0 Å². The van der Waals surface area contributed by atoms with Crippen molar-refractivity contribution in [3.05, 3.63) is 12.2 Å². The maximum Gasteiger partial charge on any atom is 0.0853 e. The summed E-state index contributed by atoms with van der Waals surface area (Å²) >= 11 is 7.44. The van der Waals surface area contributed by atoms with E-state index in [0.29, 0.717) is 15.8 Å². The van der Waals surface area contributed by atoms with Gasteiger partial charge >= 0.3 is 0 Å².